The minimum Gasteiger partial charge on any atom is -0.394 e. The Hall–Kier alpha value is -1.06. The van der Waals surface area contributed by atoms with Gasteiger partial charge in [-0.15, -0.1) is 0 Å². The van der Waals surface area contributed by atoms with Crippen LogP contribution < -0.4 is 10.6 Å². The molecule has 1 aromatic rings. The fourth-order valence-electron chi connectivity index (χ4n) is 1.64. The summed E-state index contributed by atoms with van der Waals surface area (Å²) >= 11 is 0. The van der Waals surface area contributed by atoms with Crippen molar-refractivity contribution in [2.24, 2.45) is 5.73 Å². The largest absolute Gasteiger partial charge is 0.394 e. The average Bonchev–Trinajstić information content (AvgIpc) is 2.37. The number of nitrogens with zero attached hydrogens (tertiary/aromatic N) is 1. The maximum atomic E-state index is 9.34. The van der Waals surface area contributed by atoms with Crippen molar-refractivity contribution in [3.8, 4) is 0 Å². The van der Waals surface area contributed by atoms with E-state index in [-0.39, 0.29) is 18.2 Å². The molecule has 1 rings (SSSR count). The van der Waals surface area contributed by atoms with Gasteiger partial charge in [0.1, 0.15) is 0 Å². The third kappa shape index (κ3) is 3.20. The molecule has 0 amide bonds. The van der Waals surface area contributed by atoms with Crippen molar-refractivity contribution in [1.82, 2.24) is 0 Å². The van der Waals surface area contributed by atoms with Crippen molar-refractivity contribution < 1.29 is 5.11 Å². The second-order valence-electron chi connectivity index (χ2n) is 5.14. The molecule has 1 aromatic carbocycles. The van der Waals surface area contributed by atoms with Crippen molar-refractivity contribution in [2.45, 2.75) is 38.8 Å². The fourth-order valence-corrected chi connectivity index (χ4v) is 1.64. The Kier molecular flexibility index (Phi) is 4.54. The second kappa shape index (κ2) is 5.52. The van der Waals surface area contributed by atoms with Crippen LogP contribution >= 0.6 is 0 Å². The van der Waals surface area contributed by atoms with Gasteiger partial charge in [0.05, 0.1) is 12.1 Å². The summed E-state index contributed by atoms with van der Waals surface area (Å²) in [5, 5.41) is 9.34. The van der Waals surface area contributed by atoms with Crippen LogP contribution in [-0.4, -0.2) is 24.3 Å². The van der Waals surface area contributed by atoms with Crippen molar-refractivity contribution in [1.29, 1.82) is 0 Å². The minimum atomic E-state index is -0.256. The van der Waals surface area contributed by atoms with E-state index in [0.717, 1.165) is 17.7 Å². The molecule has 3 nitrogen and oxygen atoms in total. The Balaban J connectivity index is 2.88. The minimum absolute atomic E-state index is 0.111. The third-order valence-electron chi connectivity index (χ3n) is 3.44. The molecule has 0 radical (unpaired) electrons. The molecule has 0 fully saturated rings. The zero-order valence-electron chi connectivity index (χ0n) is 11.3. The standard InChI is InChI=1S/C14H24N2O/c1-5-13(15)11-6-8-12(9-7-11)16(4)14(2,3)10-17/h6-9,13,17H,5,10,15H2,1-4H3/t13-/m0/s1. The molecular formula is C14H24N2O. The maximum absolute atomic E-state index is 9.34. The Morgan fingerprint density at radius 3 is 2.24 bits per heavy atom. The predicted octanol–water partition coefficient (Wildman–Crippen LogP) is 2.30. The monoisotopic (exact) mass is 236 g/mol. The normalized spacial score (nSPS) is 13.5. The number of aliphatic hydroxyl groups excluding tert-OH is 1. The van der Waals surface area contributed by atoms with Crippen LogP contribution in [0.25, 0.3) is 0 Å². The van der Waals surface area contributed by atoms with Gasteiger partial charge in [0.25, 0.3) is 0 Å². The lowest BCUT2D eigenvalue weighted by Gasteiger charge is -2.36. The van der Waals surface area contributed by atoms with E-state index >= 15 is 0 Å². The molecule has 1 atom stereocenters. The first-order chi connectivity index (χ1) is 7.92. The summed E-state index contributed by atoms with van der Waals surface area (Å²) in [7, 11) is 1.99. The summed E-state index contributed by atoms with van der Waals surface area (Å²) in [5.41, 5.74) is 7.98. The first-order valence-electron chi connectivity index (χ1n) is 6.12. The van der Waals surface area contributed by atoms with Crippen LogP contribution in [0.2, 0.25) is 0 Å². The number of likely N-dealkylation sites (N-methyl/N-ethyl adjacent to an activating group) is 1. The number of hydrogen-bond donors (Lipinski definition) is 2. The van der Waals surface area contributed by atoms with Gasteiger partial charge in [-0.2, -0.15) is 0 Å². The van der Waals surface area contributed by atoms with Gasteiger partial charge in [-0.3, -0.25) is 0 Å². The summed E-state index contributed by atoms with van der Waals surface area (Å²) in [5.74, 6) is 0. The topological polar surface area (TPSA) is 49.5 Å². The molecule has 0 aromatic heterocycles. The highest BCUT2D eigenvalue weighted by atomic mass is 16.3. The van der Waals surface area contributed by atoms with Crippen LogP contribution in [0.15, 0.2) is 24.3 Å². The van der Waals surface area contributed by atoms with Crippen molar-refractivity contribution >= 4 is 5.69 Å². The highest BCUT2D eigenvalue weighted by molar-refractivity contribution is 5.49. The van der Waals surface area contributed by atoms with Crippen LogP contribution in [0.1, 0.15) is 38.8 Å². The quantitative estimate of drug-likeness (QED) is 0.824. The first-order valence-corrected chi connectivity index (χ1v) is 6.12. The lowest BCUT2D eigenvalue weighted by Crippen LogP contribution is -2.44. The van der Waals surface area contributed by atoms with Crippen molar-refractivity contribution in [3.05, 3.63) is 29.8 Å². The van der Waals surface area contributed by atoms with E-state index in [9.17, 15) is 5.11 Å². The van der Waals surface area contributed by atoms with Gasteiger partial charge in [-0.05, 0) is 38.0 Å². The van der Waals surface area contributed by atoms with Gasteiger partial charge in [-0.25, -0.2) is 0 Å². The van der Waals surface area contributed by atoms with Crippen LogP contribution in [-0.2, 0) is 0 Å². The molecule has 0 heterocycles. The van der Waals surface area contributed by atoms with Crippen LogP contribution in [0.5, 0.6) is 0 Å². The summed E-state index contributed by atoms with van der Waals surface area (Å²) in [6.45, 7) is 6.23. The van der Waals surface area contributed by atoms with E-state index in [1.807, 2.05) is 20.9 Å². The number of nitrogens with two attached hydrogens (primary N) is 1. The fraction of sp³-hybridized carbons (Fsp3) is 0.571. The van der Waals surface area contributed by atoms with E-state index < -0.39 is 0 Å². The first kappa shape index (κ1) is 14.0. The number of rotatable bonds is 5. The summed E-state index contributed by atoms with van der Waals surface area (Å²) in [6, 6.07) is 8.35. The van der Waals surface area contributed by atoms with Gasteiger partial charge in [-0.1, -0.05) is 19.1 Å². The molecule has 0 spiro atoms. The average molecular weight is 236 g/mol. The van der Waals surface area contributed by atoms with E-state index in [1.54, 1.807) is 0 Å². The Labute approximate surface area is 104 Å². The molecule has 0 aliphatic carbocycles. The molecule has 0 saturated carbocycles. The van der Waals surface area contributed by atoms with Gasteiger partial charge in [0, 0.05) is 18.8 Å². The molecule has 0 saturated heterocycles. The Bertz CT molecular complexity index is 346. The summed E-state index contributed by atoms with van der Waals surface area (Å²) < 4.78 is 0. The molecular weight excluding hydrogens is 212 g/mol. The second-order valence-corrected chi connectivity index (χ2v) is 5.14. The van der Waals surface area contributed by atoms with E-state index in [4.69, 9.17) is 5.73 Å². The van der Waals surface area contributed by atoms with Gasteiger partial charge in [0.15, 0.2) is 0 Å². The van der Waals surface area contributed by atoms with E-state index in [0.29, 0.717) is 0 Å². The number of hydrogen-bond acceptors (Lipinski definition) is 3. The number of benzene rings is 1. The third-order valence-corrected chi connectivity index (χ3v) is 3.44. The zero-order valence-corrected chi connectivity index (χ0v) is 11.3. The maximum Gasteiger partial charge on any atom is 0.0658 e. The van der Waals surface area contributed by atoms with Gasteiger partial charge in [0.2, 0.25) is 0 Å². The zero-order chi connectivity index (χ0) is 13.1. The summed E-state index contributed by atoms with van der Waals surface area (Å²) in [4.78, 5) is 2.08. The molecule has 17 heavy (non-hydrogen) atoms. The van der Waals surface area contributed by atoms with Crippen molar-refractivity contribution in [3.63, 3.8) is 0 Å². The number of aliphatic hydroxyl groups is 1. The Morgan fingerprint density at radius 1 is 1.29 bits per heavy atom. The molecule has 0 bridgehead atoms. The molecule has 96 valence electrons. The van der Waals surface area contributed by atoms with E-state index in [1.165, 1.54) is 0 Å². The molecule has 0 aliphatic rings. The SMILES string of the molecule is CC[C@H](N)c1ccc(N(C)C(C)(C)CO)cc1. The van der Waals surface area contributed by atoms with Crippen molar-refractivity contribution in [2.75, 3.05) is 18.6 Å². The van der Waals surface area contributed by atoms with Gasteiger partial charge < -0.3 is 15.7 Å². The summed E-state index contributed by atoms with van der Waals surface area (Å²) in [6.07, 6.45) is 0.942. The molecule has 0 aliphatic heterocycles. The lowest BCUT2D eigenvalue weighted by atomic mass is 10.0. The molecule has 3 N–H and O–H groups in total. The lowest BCUT2D eigenvalue weighted by molar-refractivity contribution is 0.216. The van der Waals surface area contributed by atoms with Crippen LogP contribution in [0.4, 0.5) is 5.69 Å². The highest BCUT2D eigenvalue weighted by Crippen LogP contribution is 2.24. The van der Waals surface area contributed by atoms with Crippen LogP contribution in [0, 0.1) is 0 Å². The predicted molar refractivity (Wildman–Crippen MR) is 73.2 cm³/mol. The smallest absolute Gasteiger partial charge is 0.0658 e. The Morgan fingerprint density at radius 2 is 1.82 bits per heavy atom. The number of anilines is 1. The molecule has 0 unspecified atom stereocenters. The highest BCUT2D eigenvalue weighted by Gasteiger charge is 2.22. The van der Waals surface area contributed by atoms with Crippen LogP contribution in [0.3, 0.4) is 0 Å². The van der Waals surface area contributed by atoms with Gasteiger partial charge >= 0.3 is 0 Å². The molecule has 3 heteroatoms. The van der Waals surface area contributed by atoms with E-state index in [2.05, 4.69) is 36.1 Å².